The second-order valence-corrected chi connectivity index (χ2v) is 7.38. The van der Waals surface area contributed by atoms with Crippen LogP contribution in [0.3, 0.4) is 0 Å². The van der Waals surface area contributed by atoms with Crippen LogP contribution < -0.4 is 16.2 Å². The standard InChI is InChI=1S/C23H14ClFN6O4/c24-14-3-6-18(28-11-14)30-22(34)20-19(26-7-8-27-20)21(33)29-17-5-4-15(10-16(17)25)31-9-1-2-13(12-32)23(31)35/h1-12H,(H,29,33)(H,28,30,34). The van der Waals surface area contributed by atoms with E-state index in [1.54, 1.807) is 0 Å². The van der Waals surface area contributed by atoms with Crippen molar-refractivity contribution < 1.29 is 18.8 Å². The Balaban J connectivity index is 1.57. The number of aromatic nitrogens is 4. The number of amides is 2. The van der Waals surface area contributed by atoms with Gasteiger partial charge in [-0.05, 0) is 36.4 Å². The predicted molar refractivity (Wildman–Crippen MR) is 125 cm³/mol. The molecule has 0 saturated heterocycles. The van der Waals surface area contributed by atoms with Gasteiger partial charge in [0.15, 0.2) is 17.7 Å². The average molecular weight is 493 g/mol. The van der Waals surface area contributed by atoms with E-state index in [2.05, 4.69) is 25.6 Å². The van der Waals surface area contributed by atoms with E-state index in [4.69, 9.17) is 11.6 Å². The van der Waals surface area contributed by atoms with Crippen molar-refractivity contribution in [2.45, 2.75) is 0 Å². The lowest BCUT2D eigenvalue weighted by Gasteiger charge is -2.11. The summed E-state index contributed by atoms with van der Waals surface area (Å²) in [5, 5.41) is 5.18. The number of hydrogen-bond acceptors (Lipinski definition) is 7. The highest BCUT2D eigenvalue weighted by atomic mass is 35.5. The number of anilines is 2. The number of nitrogens with zero attached hydrogens (tertiary/aromatic N) is 4. The van der Waals surface area contributed by atoms with Gasteiger partial charge in [0, 0.05) is 30.9 Å². The molecule has 1 aromatic carbocycles. The maximum absolute atomic E-state index is 14.8. The normalized spacial score (nSPS) is 10.5. The van der Waals surface area contributed by atoms with E-state index in [1.807, 2.05) is 0 Å². The molecule has 2 amide bonds. The van der Waals surface area contributed by atoms with Gasteiger partial charge in [-0.15, -0.1) is 0 Å². The minimum absolute atomic E-state index is 0.0902. The van der Waals surface area contributed by atoms with Gasteiger partial charge in [0.05, 0.1) is 22.0 Å². The van der Waals surface area contributed by atoms with Crippen LogP contribution in [0.5, 0.6) is 0 Å². The van der Waals surface area contributed by atoms with E-state index in [0.29, 0.717) is 11.3 Å². The molecule has 0 aliphatic carbocycles. The summed E-state index contributed by atoms with van der Waals surface area (Å²) in [6.45, 7) is 0. The minimum atomic E-state index is -0.890. The van der Waals surface area contributed by atoms with Gasteiger partial charge >= 0.3 is 0 Å². The molecule has 0 aliphatic rings. The van der Waals surface area contributed by atoms with E-state index in [1.165, 1.54) is 61.2 Å². The fraction of sp³-hybridized carbons (Fsp3) is 0. The SMILES string of the molecule is O=Cc1cccn(-c2ccc(NC(=O)c3nccnc3C(=O)Nc3ccc(Cl)cn3)c(F)c2)c1=O. The first kappa shape index (κ1) is 23.4. The van der Waals surface area contributed by atoms with Gasteiger partial charge in [-0.25, -0.2) is 19.3 Å². The second kappa shape index (κ2) is 10.0. The molecule has 174 valence electrons. The van der Waals surface area contributed by atoms with Gasteiger partial charge in [-0.2, -0.15) is 0 Å². The van der Waals surface area contributed by atoms with Gasteiger partial charge in [0.25, 0.3) is 17.4 Å². The molecule has 4 rings (SSSR count). The first-order valence-electron chi connectivity index (χ1n) is 9.89. The Bertz CT molecular complexity index is 1510. The van der Waals surface area contributed by atoms with Crippen molar-refractivity contribution in [2.24, 2.45) is 0 Å². The fourth-order valence-electron chi connectivity index (χ4n) is 3.04. The molecular formula is C23H14ClFN6O4. The lowest BCUT2D eigenvalue weighted by molar-refractivity contribution is 0.0982. The third kappa shape index (κ3) is 5.09. The van der Waals surface area contributed by atoms with Crippen molar-refractivity contribution in [2.75, 3.05) is 10.6 Å². The zero-order valence-corrected chi connectivity index (χ0v) is 18.4. The van der Waals surface area contributed by atoms with Crippen molar-refractivity contribution in [1.82, 2.24) is 19.5 Å². The smallest absolute Gasteiger partial charge is 0.277 e. The molecule has 0 radical (unpaired) electrons. The van der Waals surface area contributed by atoms with Gasteiger partial charge in [0.1, 0.15) is 11.6 Å². The highest BCUT2D eigenvalue weighted by Crippen LogP contribution is 2.19. The molecule has 0 unspecified atom stereocenters. The Morgan fingerprint density at radius 1 is 0.971 bits per heavy atom. The van der Waals surface area contributed by atoms with Crippen molar-refractivity contribution in [3.63, 3.8) is 0 Å². The number of carbonyl (C=O) groups excluding carboxylic acids is 3. The number of nitrogens with one attached hydrogen (secondary N) is 2. The molecule has 12 heteroatoms. The van der Waals surface area contributed by atoms with E-state index in [9.17, 15) is 23.6 Å². The summed E-state index contributed by atoms with van der Waals surface area (Å²) >= 11 is 5.78. The topological polar surface area (TPSA) is 136 Å². The van der Waals surface area contributed by atoms with Crippen LogP contribution in [-0.4, -0.2) is 37.6 Å². The first-order chi connectivity index (χ1) is 16.9. The summed E-state index contributed by atoms with van der Waals surface area (Å²) in [5.41, 5.74) is -1.45. The Labute approximate surface area is 201 Å². The van der Waals surface area contributed by atoms with Crippen LogP contribution in [-0.2, 0) is 0 Å². The van der Waals surface area contributed by atoms with Crippen molar-refractivity contribution >= 4 is 41.2 Å². The summed E-state index contributed by atoms with van der Waals surface area (Å²) in [7, 11) is 0. The molecule has 3 aromatic heterocycles. The van der Waals surface area contributed by atoms with Crippen LogP contribution in [0.2, 0.25) is 5.02 Å². The van der Waals surface area contributed by atoms with Gasteiger partial charge < -0.3 is 10.6 Å². The molecule has 0 atom stereocenters. The third-order valence-electron chi connectivity index (χ3n) is 4.68. The lowest BCUT2D eigenvalue weighted by atomic mass is 10.2. The van der Waals surface area contributed by atoms with Crippen molar-refractivity contribution in [3.8, 4) is 5.69 Å². The zero-order chi connectivity index (χ0) is 24.9. The molecule has 0 bridgehead atoms. The lowest BCUT2D eigenvalue weighted by Crippen LogP contribution is -2.24. The van der Waals surface area contributed by atoms with E-state index < -0.39 is 23.2 Å². The number of halogens is 2. The molecule has 0 fully saturated rings. The third-order valence-corrected chi connectivity index (χ3v) is 4.90. The average Bonchev–Trinajstić information content (AvgIpc) is 2.86. The van der Waals surface area contributed by atoms with Crippen molar-refractivity contribution in [1.29, 1.82) is 0 Å². The Hall–Kier alpha value is -4.77. The van der Waals surface area contributed by atoms with Crippen LogP contribution in [0.15, 0.2) is 72.0 Å². The molecule has 0 aliphatic heterocycles. The van der Waals surface area contributed by atoms with E-state index in [0.717, 1.165) is 10.6 Å². The molecule has 10 nitrogen and oxygen atoms in total. The summed E-state index contributed by atoms with van der Waals surface area (Å²) < 4.78 is 15.9. The highest BCUT2D eigenvalue weighted by Gasteiger charge is 2.22. The Morgan fingerprint density at radius 3 is 2.31 bits per heavy atom. The number of pyridine rings is 2. The van der Waals surface area contributed by atoms with Crippen LogP contribution in [0.4, 0.5) is 15.9 Å². The summed E-state index contributed by atoms with van der Waals surface area (Å²) in [5.74, 6) is -2.34. The van der Waals surface area contributed by atoms with E-state index in [-0.39, 0.29) is 34.1 Å². The predicted octanol–water partition coefficient (Wildman–Crippen LogP) is 3.13. The maximum atomic E-state index is 14.8. The summed E-state index contributed by atoms with van der Waals surface area (Å²) in [6, 6.07) is 9.42. The second-order valence-electron chi connectivity index (χ2n) is 6.94. The molecule has 0 saturated carbocycles. The number of rotatable bonds is 6. The molecule has 4 aromatic rings. The maximum Gasteiger partial charge on any atom is 0.277 e. The van der Waals surface area contributed by atoms with Gasteiger partial charge in [-0.3, -0.25) is 23.7 Å². The van der Waals surface area contributed by atoms with Crippen LogP contribution in [0.25, 0.3) is 5.69 Å². The first-order valence-corrected chi connectivity index (χ1v) is 10.3. The van der Waals surface area contributed by atoms with Crippen LogP contribution in [0, 0.1) is 5.82 Å². The number of benzene rings is 1. The molecule has 3 heterocycles. The van der Waals surface area contributed by atoms with Crippen LogP contribution in [0.1, 0.15) is 31.3 Å². The highest BCUT2D eigenvalue weighted by molar-refractivity contribution is 6.30. The minimum Gasteiger partial charge on any atom is -0.318 e. The molecular weight excluding hydrogens is 479 g/mol. The number of carbonyl (C=O) groups is 3. The zero-order valence-electron chi connectivity index (χ0n) is 17.6. The van der Waals surface area contributed by atoms with E-state index >= 15 is 0 Å². The van der Waals surface area contributed by atoms with Crippen molar-refractivity contribution in [3.05, 3.63) is 105 Å². The molecule has 0 spiro atoms. The van der Waals surface area contributed by atoms with Gasteiger partial charge in [0.2, 0.25) is 0 Å². The fourth-order valence-corrected chi connectivity index (χ4v) is 3.15. The molecule has 2 N–H and O–H groups in total. The Kier molecular flexibility index (Phi) is 6.69. The molecule has 35 heavy (non-hydrogen) atoms. The number of hydrogen-bond donors (Lipinski definition) is 2. The summed E-state index contributed by atoms with van der Waals surface area (Å²) in [4.78, 5) is 60.5. The Morgan fingerprint density at radius 2 is 1.69 bits per heavy atom. The monoisotopic (exact) mass is 492 g/mol. The largest absolute Gasteiger partial charge is 0.318 e. The quantitative estimate of drug-likeness (QED) is 0.394. The number of aldehydes is 1. The van der Waals surface area contributed by atoms with Gasteiger partial charge in [-0.1, -0.05) is 11.6 Å². The van der Waals surface area contributed by atoms with Crippen LogP contribution >= 0.6 is 11.6 Å². The summed E-state index contributed by atoms with van der Waals surface area (Å²) in [6.07, 6.45) is 5.54.